The van der Waals surface area contributed by atoms with Crippen LogP contribution in [-0.2, 0) is 0 Å². The number of hydrogen-bond acceptors (Lipinski definition) is 0. The Hall–Kier alpha value is -3.59. The van der Waals surface area contributed by atoms with Gasteiger partial charge in [0.15, 0.2) is 0 Å². The zero-order valence-corrected chi connectivity index (χ0v) is 15.2. The molecule has 0 saturated carbocycles. The summed E-state index contributed by atoms with van der Waals surface area (Å²) in [6.45, 7) is 0.613. The molecular formula is C25H20N2+2. The third-order valence-corrected chi connectivity index (χ3v) is 4.57. The summed E-state index contributed by atoms with van der Waals surface area (Å²) in [5, 5.41) is 0. The Labute approximate surface area is 160 Å². The van der Waals surface area contributed by atoms with Crippen LogP contribution in [0.1, 0.15) is 11.1 Å². The maximum atomic E-state index is 3.38. The monoisotopic (exact) mass is 348 g/mol. The molecule has 128 valence electrons. The standard InChI is InChI=1S/C25H19N2/c1-26-23-16-8-9-17-24(23)27(20-10-15-21-11-4-2-5-12-21)25(26)19-18-22-13-6-3-7-14-22/h2-9,11-14,16-17H,20H2,1H3/q+1/p+1. The lowest BCUT2D eigenvalue weighted by molar-refractivity contribution is -0.716. The highest BCUT2D eigenvalue weighted by Crippen LogP contribution is 2.23. The Bertz CT molecular complexity index is 1100. The number of nitrogens with zero attached hydrogens (tertiary/aromatic N) is 1. The van der Waals surface area contributed by atoms with Gasteiger partial charge in [0.25, 0.3) is 5.69 Å². The predicted molar refractivity (Wildman–Crippen MR) is 109 cm³/mol. The molecule has 1 aliphatic rings. The summed E-state index contributed by atoms with van der Waals surface area (Å²) in [5.41, 5.74) is 4.46. The maximum Gasteiger partial charge on any atom is 0.428 e. The van der Waals surface area contributed by atoms with Crippen LogP contribution in [0.5, 0.6) is 0 Å². The van der Waals surface area contributed by atoms with Crippen molar-refractivity contribution in [3.63, 3.8) is 0 Å². The number of hydrogen-bond donors (Lipinski definition) is 1. The van der Waals surface area contributed by atoms with Crippen molar-refractivity contribution in [2.75, 3.05) is 13.6 Å². The quantitative estimate of drug-likeness (QED) is 0.511. The second-order valence-corrected chi connectivity index (χ2v) is 6.36. The highest BCUT2D eigenvalue weighted by Gasteiger charge is 2.38. The van der Waals surface area contributed by atoms with Crippen molar-refractivity contribution >= 4 is 17.2 Å². The van der Waals surface area contributed by atoms with E-state index in [0.29, 0.717) is 6.54 Å². The number of amidine groups is 1. The van der Waals surface area contributed by atoms with Gasteiger partial charge in [-0.1, -0.05) is 54.5 Å². The Morgan fingerprint density at radius 3 is 2.00 bits per heavy atom. The first-order valence-electron chi connectivity index (χ1n) is 9.02. The van der Waals surface area contributed by atoms with Crippen LogP contribution < -0.4 is 4.90 Å². The van der Waals surface area contributed by atoms with Crippen LogP contribution in [-0.4, -0.2) is 24.0 Å². The molecule has 0 saturated heterocycles. The number of rotatable bonds is 1. The molecule has 1 heterocycles. The van der Waals surface area contributed by atoms with Gasteiger partial charge in [0, 0.05) is 23.3 Å². The molecular weight excluding hydrogens is 328 g/mol. The van der Waals surface area contributed by atoms with E-state index in [1.807, 2.05) is 60.7 Å². The van der Waals surface area contributed by atoms with Gasteiger partial charge in [-0.25, -0.2) is 4.90 Å². The smallest absolute Gasteiger partial charge is 0.203 e. The van der Waals surface area contributed by atoms with Gasteiger partial charge >= 0.3 is 5.84 Å². The fourth-order valence-corrected chi connectivity index (χ4v) is 3.20. The molecule has 0 spiro atoms. The maximum absolute atomic E-state index is 3.38. The summed E-state index contributed by atoms with van der Waals surface area (Å²) < 4.78 is 2.22. The van der Waals surface area contributed by atoms with Crippen LogP contribution in [0.2, 0.25) is 0 Å². The second kappa shape index (κ2) is 7.75. The van der Waals surface area contributed by atoms with Crippen molar-refractivity contribution in [3.8, 4) is 23.7 Å². The van der Waals surface area contributed by atoms with E-state index in [9.17, 15) is 0 Å². The van der Waals surface area contributed by atoms with Gasteiger partial charge in [0.1, 0.15) is 0 Å². The molecule has 0 radical (unpaired) electrons. The largest absolute Gasteiger partial charge is 0.428 e. The average Bonchev–Trinajstić information content (AvgIpc) is 3.00. The van der Waals surface area contributed by atoms with Gasteiger partial charge < -0.3 is 0 Å². The summed E-state index contributed by atoms with van der Waals surface area (Å²) in [4.78, 5) is 1.20. The van der Waals surface area contributed by atoms with E-state index in [1.165, 1.54) is 16.3 Å². The molecule has 4 rings (SSSR count). The van der Waals surface area contributed by atoms with Crippen molar-refractivity contribution in [2.45, 2.75) is 0 Å². The van der Waals surface area contributed by atoms with Crippen LogP contribution >= 0.6 is 0 Å². The highest BCUT2D eigenvalue weighted by molar-refractivity contribution is 5.93. The third kappa shape index (κ3) is 3.67. The summed E-state index contributed by atoms with van der Waals surface area (Å²) in [7, 11) is 2.14. The summed E-state index contributed by atoms with van der Waals surface area (Å²) in [6, 6.07) is 28.6. The number of para-hydroxylation sites is 2. The zero-order valence-electron chi connectivity index (χ0n) is 15.2. The highest BCUT2D eigenvalue weighted by atomic mass is 15.3. The van der Waals surface area contributed by atoms with Crippen molar-refractivity contribution in [2.24, 2.45) is 0 Å². The Kier molecular flexibility index (Phi) is 4.84. The first-order valence-corrected chi connectivity index (χ1v) is 9.02. The molecule has 1 unspecified atom stereocenters. The Morgan fingerprint density at radius 2 is 1.30 bits per heavy atom. The minimum Gasteiger partial charge on any atom is -0.203 e. The number of fused-ring (bicyclic) bond motifs is 1. The minimum atomic E-state index is 0.613. The fourth-order valence-electron chi connectivity index (χ4n) is 3.20. The molecule has 0 amide bonds. The number of nitrogens with one attached hydrogen (secondary N) is 1. The number of quaternary nitrogens is 1. The van der Waals surface area contributed by atoms with E-state index >= 15 is 0 Å². The van der Waals surface area contributed by atoms with Gasteiger partial charge in [-0.3, -0.25) is 0 Å². The first-order chi connectivity index (χ1) is 13.3. The lowest BCUT2D eigenvalue weighted by Gasteiger charge is -1.98. The predicted octanol–water partition coefficient (Wildman–Crippen LogP) is 2.99. The number of benzene rings is 3. The van der Waals surface area contributed by atoms with Crippen LogP contribution in [0, 0.1) is 23.7 Å². The summed E-state index contributed by atoms with van der Waals surface area (Å²) in [6.07, 6.45) is 0. The van der Waals surface area contributed by atoms with Crippen molar-refractivity contribution in [1.82, 2.24) is 0 Å². The molecule has 2 nitrogen and oxygen atoms in total. The van der Waals surface area contributed by atoms with Crippen molar-refractivity contribution in [3.05, 3.63) is 96.1 Å². The van der Waals surface area contributed by atoms with E-state index < -0.39 is 0 Å². The summed E-state index contributed by atoms with van der Waals surface area (Å²) in [5.74, 6) is 14.3. The van der Waals surface area contributed by atoms with Crippen molar-refractivity contribution < 1.29 is 9.48 Å². The van der Waals surface area contributed by atoms with Crippen LogP contribution in [0.3, 0.4) is 0 Å². The van der Waals surface area contributed by atoms with E-state index in [2.05, 4.69) is 59.6 Å². The lowest BCUT2D eigenvalue weighted by atomic mass is 10.2. The molecule has 0 bridgehead atoms. The average molecular weight is 348 g/mol. The fraction of sp³-hybridized carbons (Fsp3) is 0.0800. The molecule has 0 fully saturated rings. The van der Waals surface area contributed by atoms with Gasteiger partial charge in [0.2, 0.25) is 12.2 Å². The lowest BCUT2D eigenvalue weighted by Crippen LogP contribution is -3.06. The van der Waals surface area contributed by atoms with Crippen LogP contribution in [0.25, 0.3) is 0 Å². The molecule has 1 aliphatic heterocycles. The van der Waals surface area contributed by atoms with Gasteiger partial charge in [-0.15, -0.1) is 4.58 Å². The SMILES string of the molecule is C[NH+]1C(C#Cc2ccccc2)=[N+](CC#Cc2ccccc2)c2ccccc21. The van der Waals surface area contributed by atoms with E-state index in [0.717, 1.165) is 17.0 Å². The van der Waals surface area contributed by atoms with Gasteiger partial charge in [0.05, 0.1) is 13.0 Å². The molecule has 1 N–H and O–H groups in total. The third-order valence-electron chi connectivity index (χ3n) is 4.57. The molecule has 27 heavy (non-hydrogen) atoms. The molecule has 1 atom stereocenters. The zero-order chi connectivity index (χ0) is 18.5. The molecule has 0 aromatic heterocycles. The normalized spacial score (nSPS) is 14.6. The van der Waals surface area contributed by atoms with Crippen LogP contribution in [0.4, 0.5) is 11.4 Å². The van der Waals surface area contributed by atoms with Gasteiger partial charge in [-0.2, -0.15) is 0 Å². The second-order valence-electron chi connectivity index (χ2n) is 6.36. The van der Waals surface area contributed by atoms with E-state index in [4.69, 9.17) is 0 Å². The molecule has 3 aromatic rings. The summed E-state index contributed by atoms with van der Waals surface area (Å²) >= 11 is 0. The Morgan fingerprint density at radius 1 is 0.704 bits per heavy atom. The van der Waals surface area contributed by atoms with E-state index in [1.54, 1.807) is 0 Å². The van der Waals surface area contributed by atoms with Crippen molar-refractivity contribution in [1.29, 1.82) is 0 Å². The van der Waals surface area contributed by atoms with Gasteiger partial charge in [-0.05, 0) is 36.1 Å². The van der Waals surface area contributed by atoms with Crippen LogP contribution in [0.15, 0.2) is 84.9 Å². The minimum absolute atomic E-state index is 0.613. The topological polar surface area (TPSA) is 7.45 Å². The molecule has 0 aliphatic carbocycles. The molecule has 2 heteroatoms. The first kappa shape index (κ1) is 16.9. The Balaban J connectivity index is 1.71. The molecule has 3 aromatic carbocycles. The van der Waals surface area contributed by atoms with E-state index in [-0.39, 0.29) is 0 Å².